The number of hydrogen-bond acceptors (Lipinski definition) is 3. The van der Waals surface area contributed by atoms with E-state index in [-0.39, 0.29) is 5.91 Å². The molecule has 0 atom stereocenters. The molecule has 0 spiro atoms. The molecule has 0 aliphatic rings. The van der Waals surface area contributed by atoms with Crippen molar-refractivity contribution in [2.24, 2.45) is 0 Å². The average molecular weight is 276 g/mol. The molecule has 1 N–H and O–H groups in total. The van der Waals surface area contributed by atoms with Gasteiger partial charge in [-0.25, -0.2) is 0 Å². The minimum absolute atomic E-state index is 0.0961. The first kappa shape index (κ1) is 15.6. The molecule has 1 amide bonds. The molecule has 1 aromatic carbocycles. The van der Waals surface area contributed by atoms with E-state index in [1.165, 1.54) is 18.6 Å². The Morgan fingerprint density at radius 1 is 1.32 bits per heavy atom. The predicted octanol–water partition coefficient (Wildman–Crippen LogP) is 3.21. The summed E-state index contributed by atoms with van der Waals surface area (Å²) in [4.78, 5) is 11.8. The Morgan fingerprint density at radius 3 is 2.84 bits per heavy atom. The average Bonchev–Trinajstić information content (AvgIpc) is 2.46. The third-order valence-electron chi connectivity index (χ3n) is 2.81. The number of unbranched alkanes of at least 4 members (excludes halogenated alkanes) is 3. The molecular formula is C15H20N2OS. The van der Waals surface area contributed by atoms with Gasteiger partial charge in [-0.15, -0.1) is 0 Å². The van der Waals surface area contributed by atoms with Crippen LogP contribution >= 0.6 is 11.8 Å². The van der Waals surface area contributed by atoms with Gasteiger partial charge in [-0.2, -0.15) is 17.0 Å². The van der Waals surface area contributed by atoms with E-state index in [0.29, 0.717) is 17.7 Å². The minimum atomic E-state index is -0.0961. The third kappa shape index (κ3) is 6.30. The number of benzene rings is 1. The van der Waals surface area contributed by atoms with Crippen LogP contribution in [0.5, 0.6) is 0 Å². The van der Waals surface area contributed by atoms with Crippen molar-refractivity contribution in [2.75, 3.05) is 18.6 Å². The summed E-state index contributed by atoms with van der Waals surface area (Å²) in [6.07, 6.45) is 6.76. The van der Waals surface area contributed by atoms with E-state index in [9.17, 15) is 4.79 Å². The van der Waals surface area contributed by atoms with Crippen molar-refractivity contribution in [3.63, 3.8) is 0 Å². The number of nitriles is 1. The normalized spacial score (nSPS) is 9.89. The summed E-state index contributed by atoms with van der Waals surface area (Å²) in [5, 5.41) is 11.7. The van der Waals surface area contributed by atoms with E-state index in [4.69, 9.17) is 5.26 Å². The SMILES string of the molecule is CSCCCCCCNC(=O)c1cccc(C#N)c1. The third-order valence-corrected chi connectivity index (χ3v) is 3.51. The summed E-state index contributed by atoms with van der Waals surface area (Å²) in [6, 6.07) is 8.81. The largest absolute Gasteiger partial charge is 0.352 e. The van der Waals surface area contributed by atoms with E-state index in [1.807, 2.05) is 17.8 Å². The van der Waals surface area contributed by atoms with Crippen molar-refractivity contribution < 1.29 is 4.79 Å². The smallest absolute Gasteiger partial charge is 0.251 e. The maximum Gasteiger partial charge on any atom is 0.251 e. The molecule has 4 heteroatoms. The Hall–Kier alpha value is -1.47. The maximum absolute atomic E-state index is 11.8. The number of hydrogen-bond donors (Lipinski definition) is 1. The summed E-state index contributed by atoms with van der Waals surface area (Å²) < 4.78 is 0. The van der Waals surface area contributed by atoms with Gasteiger partial charge in [-0.3, -0.25) is 4.79 Å². The van der Waals surface area contributed by atoms with Gasteiger partial charge in [0.2, 0.25) is 0 Å². The summed E-state index contributed by atoms with van der Waals surface area (Å²) in [5.41, 5.74) is 1.08. The zero-order chi connectivity index (χ0) is 13.9. The first-order chi connectivity index (χ1) is 9.27. The number of rotatable bonds is 8. The van der Waals surface area contributed by atoms with Gasteiger partial charge in [0.15, 0.2) is 0 Å². The van der Waals surface area contributed by atoms with Crippen LogP contribution in [0.4, 0.5) is 0 Å². The zero-order valence-electron chi connectivity index (χ0n) is 11.3. The molecule has 1 rings (SSSR count). The fourth-order valence-corrected chi connectivity index (χ4v) is 2.25. The van der Waals surface area contributed by atoms with Crippen LogP contribution in [0.25, 0.3) is 0 Å². The lowest BCUT2D eigenvalue weighted by molar-refractivity contribution is 0.0953. The number of thioether (sulfide) groups is 1. The quantitative estimate of drug-likeness (QED) is 0.742. The molecule has 0 saturated heterocycles. The Kier molecular flexibility index (Phi) is 7.76. The molecular weight excluding hydrogens is 256 g/mol. The lowest BCUT2D eigenvalue weighted by Gasteiger charge is -2.05. The lowest BCUT2D eigenvalue weighted by atomic mass is 10.1. The van der Waals surface area contributed by atoms with Crippen LogP contribution in [0.3, 0.4) is 0 Å². The molecule has 102 valence electrons. The molecule has 1 aromatic rings. The number of carbonyl (C=O) groups excluding carboxylic acids is 1. The Labute approximate surface area is 119 Å². The first-order valence-corrected chi connectivity index (χ1v) is 7.94. The molecule has 0 aromatic heterocycles. The second kappa shape index (κ2) is 9.46. The number of nitrogens with one attached hydrogen (secondary N) is 1. The summed E-state index contributed by atoms with van der Waals surface area (Å²) in [7, 11) is 0. The fraction of sp³-hybridized carbons (Fsp3) is 0.467. The maximum atomic E-state index is 11.8. The zero-order valence-corrected chi connectivity index (χ0v) is 12.1. The lowest BCUT2D eigenvalue weighted by Crippen LogP contribution is -2.24. The second-order valence-electron chi connectivity index (χ2n) is 4.36. The van der Waals surface area contributed by atoms with Gasteiger partial charge in [0.05, 0.1) is 11.6 Å². The molecule has 0 fully saturated rings. The Bertz CT molecular complexity index is 440. The van der Waals surface area contributed by atoms with Gasteiger partial charge >= 0.3 is 0 Å². The van der Waals surface area contributed by atoms with Crippen molar-refractivity contribution in [1.82, 2.24) is 5.32 Å². The molecule has 0 aliphatic carbocycles. The summed E-state index contributed by atoms with van der Waals surface area (Å²) >= 11 is 1.87. The second-order valence-corrected chi connectivity index (χ2v) is 5.34. The van der Waals surface area contributed by atoms with Crippen LogP contribution in [-0.4, -0.2) is 24.5 Å². The van der Waals surface area contributed by atoms with Gasteiger partial charge in [0.25, 0.3) is 5.91 Å². The highest BCUT2D eigenvalue weighted by Gasteiger charge is 2.04. The van der Waals surface area contributed by atoms with Crippen molar-refractivity contribution in [3.05, 3.63) is 35.4 Å². The van der Waals surface area contributed by atoms with E-state index in [0.717, 1.165) is 12.8 Å². The molecule has 0 radical (unpaired) electrons. The molecule has 0 unspecified atom stereocenters. The highest BCUT2D eigenvalue weighted by Crippen LogP contribution is 2.05. The molecule has 0 saturated carbocycles. The van der Waals surface area contributed by atoms with E-state index in [2.05, 4.69) is 11.6 Å². The topological polar surface area (TPSA) is 52.9 Å². The molecule has 3 nitrogen and oxygen atoms in total. The van der Waals surface area contributed by atoms with E-state index in [1.54, 1.807) is 24.3 Å². The van der Waals surface area contributed by atoms with Crippen LogP contribution < -0.4 is 5.32 Å². The monoisotopic (exact) mass is 276 g/mol. The molecule has 19 heavy (non-hydrogen) atoms. The standard InChI is InChI=1S/C15H20N2OS/c1-19-10-5-3-2-4-9-17-15(18)14-8-6-7-13(11-14)12-16/h6-8,11H,2-5,9-10H2,1H3,(H,17,18). The number of nitrogens with zero attached hydrogens (tertiary/aromatic N) is 1. The number of carbonyl (C=O) groups is 1. The molecule has 0 bridgehead atoms. The van der Waals surface area contributed by atoms with Gasteiger partial charge in [-0.05, 0) is 43.0 Å². The van der Waals surface area contributed by atoms with Crippen LogP contribution in [-0.2, 0) is 0 Å². The number of amides is 1. The first-order valence-electron chi connectivity index (χ1n) is 6.55. The molecule has 0 heterocycles. The highest BCUT2D eigenvalue weighted by atomic mass is 32.2. The van der Waals surface area contributed by atoms with Crippen molar-refractivity contribution in [2.45, 2.75) is 25.7 Å². The van der Waals surface area contributed by atoms with Crippen molar-refractivity contribution >= 4 is 17.7 Å². The van der Waals surface area contributed by atoms with Gasteiger partial charge in [0.1, 0.15) is 0 Å². The Balaban J connectivity index is 2.22. The Morgan fingerprint density at radius 2 is 2.11 bits per heavy atom. The van der Waals surface area contributed by atoms with Gasteiger partial charge in [-0.1, -0.05) is 18.9 Å². The fourth-order valence-electron chi connectivity index (χ4n) is 1.76. The van der Waals surface area contributed by atoms with Crippen molar-refractivity contribution in [3.8, 4) is 6.07 Å². The highest BCUT2D eigenvalue weighted by molar-refractivity contribution is 7.98. The van der Waals surface area contributed by atoms with Crippen LogP contribution in [0.2, 0.25) is 0 Å². The van der Waals surface area contributed by atoms with E-state index < -0.39 is 0 Å². The minimum Gasteiger partial charge on any atom is -0.352 e. The van der Waals surface area contributed by atoms with Crippen molar-refractivity contribution in [1.29, 1.82) is 5.26 Å². The summed E-state index contributed by atoms with van der Waals surface area (Å²) in [5.74, 6) is 1.12. The van der Waals surface area contributed by atoms with Crippen LogP contribution in [0, 0.1) is 11.3 Å². The predicted molar refractivity (Wildman–Crippen MR) is 80.3 cm³/mol. The van der Waals surface area contributed by atoms with Gasteiger partial charge < -0.3 is 5.32 Å². The van der Waals surface area contributed by atoms with Gasteiger partial charge in [0, 0.05) is 12.1 Å². The van der Waals surface area contributed by atoms with Crippen LogP contribution in [0.1, 0.15) is 41.6 Å². The summed E-state index contributed by atoms with van der Waals surface area (Å²) in [6.45, 7) is 0.703. The molecule has 0 aliphatic heterocycles. The van der Waals surface area contributed by atoms with E-state index >= 15 is 0 Å². The van der Waals surface area contributed by atoms with Crippen LogP contribution in [0.15, 0.2) is 24.3 Å².